The summed E-state index contributed by atoms with van der Waals surface area (Å²) in [5, 5.41) is 16.4. The predicted octanol–water partition coefficient (Wildman–Crippen LogP) is 3.34. The number of aryl methyl sites for hydroxylation is 2. The molecule has 0 spiro atoms. The molecule has 2 aromatic rings. The van der Waals surface area contributed by atoms with Gasteiger partial charge in [-0.2, -0.15) is 0 Å². The van der Waals surface area contributed by atoms with Crippen LogP contribution >= 0.6 is 12.2 Å². The zero-order chi connectivity index (χ0) is 17.0. The van der Waals surface area contributed by atoms with Crippen molar-refractivity contribution in [3.8, 4) is 0 Å². The topological polar surface area (TPSA) is 84.3 Å². The standard InChI is InChI=1S/C16H15N3O3S/c1-10-3-6-13(7-4-10)17-16(23)18-15(20)12-5-8-14(19(21)22)11(2)9-12/h3-9H,1-2H3,(H2,17,18,20,23). The van der Waals surface area contributed by atoms with Gasteiger partial charge in [-0.25, -0.2) is 0 Å². The highest BCUT2D eigenvalue weighted by Crippen LogP contribution is 2.18. The predicted molar refractivity (Wildman–Crippen MR) is 92.7 cm³/mol. The van der Waals surface area contributed by atoms with E-state index in [2.05, 4.69) is 10.6 Å². The van der Waals surface area contributed by atoms with Crippen molar-refractivity contribution in [2.24, 2.45) is 0 Å². The lowest BCUT2D eigenvalue weighted by Crippen LogP contribution is -2.34. The maximum absolute atomic E-state index is 12.1. The second kappa shape index (κ2) is 6.97. The quantitative estimate of drug-likeness (QED) is 0.512. The molecule has 0 unspecified atom stereocenters. The van der Waals surface area contributed by atoms with E-state index < -0.39 is 10.8 Å². The Morgan fingerprint density at radius 2 is 1.78 bits per heavy atom. The summed E-state index contributed by atoms with van der Waals surface area (Å²) in [5.74, 6) is -0.424. The van der Waals surface area contributed by atoms with E-state index >= 15 is 0 Å². The number of nitrogens with zero attached hydrogens (tertiary/aromatic N) is 1. The van der Waals surface area contributed by atoms with Crippen LogP contribution in [0.4, 0.5) is 11.4 Å². The number of amides is 1. The van der Waals surface area contributed by atoms with Crippen molar-refractivity contribution in [2.75, 3.05) is 5.32 Å². The van der Waals surface area contributed by atoms with E-state index in [0.29, 0.717) is 11.1 Å². The van der Waals surface area contributed by atoms with Crippen LogP contribution in [-0.4, -0.2) is 15.9 Å². The zero-order valence-electron chi connectivity index (χ0n) is 12.6. The van der Waals surface area contributed by atoms with Gasteiger partial charge in [-0.05, 0) is 50.3 Å². The number of hydrogen-bond donors (Lipinski definition) is 2. The lowest BCUT2D eigenvalue weighted by molar-refractivity contribution is -0.385. The Bertz CT molecular complexity index is 773. The van der Waals surface area contributed by atoms with E-state index in [9.17, 15) is 14.9 Å². The molecule has 6 nitrogen and oxygen atoms in total. The molecule has 0 aliphatic heterocycles. The normalized spacial score (nSPS) is 10.0. The minimum absolute atomic E-state index is 0.0260. The van der Waals surface area contributed by atoms with Crippen LogP contribution in [0.3, 0.4) is 0 Å². The molecule has 0 aliphatic carbocycles. The van der Waals surface area contributed by atoms with Gasteiger partial charge in [-0.15, -0.1) is 0 Å². The van der Waals surface area contributed by atoms with Gasteiger partial charge >= 0.3 is 0 Å². The van der Waals surface area contributed by atoms with Gasteiger partial charge in [0.05, 0.1) is 4.92 Å². The highest BCUT2D eigenvalue weighted by atomic mass is 32.1. The van der Waals surface area contributed by atoms with Crippen molar-refractivity contribution in [1.82, 2.24) is 5.32 Å². The number of benzene rings is 2. The number of hydrogen-bond acceptors (Lipinski definition) is 4. The van der Waals surface area contributed by atoms with E-state index in [4.69, 9.17) is 12.2 Å². The first-order chi connectivity index (χ1) is 10.9. The van der Waals surface area contributed by atoms with Crippen LogP contribution < -0.4 is 10.6 Å². The molecule has 0 heterocycles. The molecule has 0 atom stereocenters. The first-order valence-corrected chi connectivity index (χ1v) is 7.21. The molecule has 0 bridgehead atoms. The Kier molecular flexibility index (Phi) is 5.02. The average molecular weight is 329 g/mol. The van der Waals surface area contributed by atoms with Gasteiger partial charge in [-0.3, -0.25) is 20.2 Å². The van der Waals surface area contributed by atoms with E-state index in [1.54, 1.807) is 6.92 Å². The van der Waals surface area contributed by atoms with Crippen LogP contribution in [0.5, 0.6) is 0 Å². The maximum atomic E-state index is 12.1. The van der Waals surface area contributed by atoms with Crippen LogP contribution in [0, 0.1) is 24.0 Å². The summed E-state index contributed by atoms with van der Waals surface area (Å²) in [6.45, 7) is 3.55. The number of nitro benzene ring substituents is 1. The second-order valence-electron chi connectivity index (χ2n) is 5.03. The SMILES string of the molecule is Cc1ccc(NC(=S)NC(=O)c2ccc([N+](=O)[O-])c(C)c2)cc1. The van der Waals surface area contributed by atoms with Crippen LogP contribution in [0.15, 0.2) is 42.5 Å². The molecule has 118 valence electrons. The number of nitro groups is 1. The number of rotatable bonds is 3. The summed E-state index contributed by atoms with van der Waals surface area (Å²) in [5.41, 5.74) is 2.58. The van der Waals surface area contributed by atoms with Gasteiger partial charge in [-0.1, -0.05) is 17.7 Å². The van der Waals surface area contributed by atoms with Crippen LogP contribution in [-0.2, 0) is 0 Å². The zero-order valence-corrected chi connectivity index (χ0v) is 13.4. The average Bonchev–Trinajstić information content (AvgIpc) is 2.49. The fourth-order valence-corrected chi connectivity index (χ4v) is 2.19. The summed E-state index contributed by atoms with van der Waals surface area (Å²) in [6, 6.07) is 11.7. The van der Waals surface area contributed by atoms with Crippen molar-refractivity contribution in [3.05, 3.63) is 69.3 Å². The maximum Gasteiger partial charge on any atom is 0.272 e. The molecule has 2 rings (SSSR count). The first kappa shape index (κ1) is 16.6. The number of nitrogens with one attached hydrogen (secondary N) is 2. The summed E-state index contributed by atoms with van der Waals surface area (Å²) >= 11 is 5.09. The lowest BCUT2D eigenvalue weighted by atomic mass is 10.1. The van der Waals surface area contributed by atoms with E-state index in [1.165, 1.54) is 18.2 Å². The van der Waals surface area contributed by atoms with Crippen molar-refractivity contribution < 1.29 is 9.72 Å². The molecule has 1 amide bonds. The largest absolute Gasteiger partial charge is 0.332 e. The van der Waals surface area contributed by atoms with Gasteiger partial charge < -0.3 is 5.32 Å². The second-order valence-corrected chi connectivity index (χ2v) is 5.44. The van der Waals surface area contributed by atoms with Gasteiger partial charge in [0.1, 0.15) is 0 Å². The third-order valence-electron chi connectivity index (χ3n) is 3.19. The van der Waals surface area contributed by atoms with E-state index in [0.717, 1.165) is 11.3 Å². The molecule has 2 N–H and O–H groups in total. The number of carbonyl (C=O) groups is 1. The third-order valence-corrected chi connectivity index (χ3v) is 3.40. The minimum atomic E-state index is -0.486. The van der Waals surface area contributed by atoms with E-state index in [1.807, 2.05) is 31.2 Å². The van der Waals surface area contributed by atoms with Crippen molar-refractivity contribution in [1.29, 1.82) is 0 Å². The number of thiocarbonyl (C=S) groups is 1. The Labute approximate surface area is 138 Å². The molecule has 0 aliphatic rings. The minimum Gasteiger partial charge on any atom is -0.332 e. The van der Waals surface area contributed by atoms with Crippen LogP contribution in [0.2, 0.25) is 0 Å². The highest BCUT2D eigenvalue weighted by Gasteiger charge is 2.14. The van der Waals surface area contributed by atoms with E-state index in [-0.39, 0.29) is 10.8 Å². The molecular weight excluding hydrogens is 314 g/mol. The van der Waals surface area contributed by atoms with Crippen molar-refractivity contribution in [2.45, 2.75) is 13.8 Å². The number of carbonyl (C=O) groups excluding carboxylic acids is 1. The monoisotopic (exact) mass is 329 g/mol. The third kappa shape index (κ3) is 4.33. The molecule has 0 radical (unpaired) electrons. The van der Waals surface area contributed by atoms with Gasteiger partial charge in [0.25, 0.3) is 11.6 Å². The summed E-state index contributed by atoms with van der Waals surface area (Å²) in [4.78, 5) is 22.4. The summed E-state index contributed by atoms with van der Waals surface area (Å²) in [7, 11) is 0. The lowest BCUT2D eigenvalue weighted by Gasteiger charge is -2.10. The Balaban J connectivity index is 2.03. The molecular formula is C16H15N3O3S. The van der Waals surface area contributed by atoms with Gasteiger partial charge in [0, 0.05) is 22.9 Å². The van der Waals surface area contributed by atoms with Crippen molar-refractivity contribution in [3.63, 3.8) is 0 Å². The fourth-order valence-electron chi connectivity index (χ4n) is 1.98. The molecule has 0 saturated carbocycles. The summed E-state index contributed by atoms with van der Waals surface area (Å²) in [6.07, 6.45) is 0. The molecule has 2 aromatic carbocycles. The van der Waals surface area contributed by atoms with Crippen LogP contribution in [0.1, 0.15) is 21.5 Å². The Morgan fingerprint density at radius 3 is 2.35 bits per heavy atom. The molecule has 7 heteroatoms. The molecule has 0 saturated heterocycles. The Hall–Kier alpha value is -2.80. The fraction of sp³-hybridized carbons (Fsp3) is 0.125. The Morgan fingerprint density at radius 1 is 1.13 bits per heavy atom. The smallest absolute Gasteiger partial charge is 0.272 e. The van der Waals surface area contributed by atoms with Crippen LogP contribution in [0.25, 0.3) is 0 Å². The van der Waals surface area contributed by atoms with Crippen molar-refractivity contribution >= 4 is 34.6 Å². The summed E-state index contributed by atoms with van der Waals surface area (Å²) < 4.78 is 0. The molecule has 0 aromatic heterocycles. The van der Waals surface area contributed by atoms with Gasteiger partial charge in [0.15, 0.2) is 5.11 Å². The molecule has 23 heavy (non-hydrogen) atoms. The highest BCUT2D eigenvalue weighted by molar-refractivity contribution is 7.80. The first-order valence-electron chi connectivity index (χ1n) is 6.81. The van der Waals surface area contributed by atoms with Gasteiger partial charge in [0.2, 0.25) is 0 Å². The molecule has 0 fully saturated rings. The number of anilines is 1.